The summed E-state index contributed by atoms with van der Waals surface area (Å²) in [5, 5.41) is 12.3. The summed E-state index contributed by atoms with van der Waals surface area (Å²) in [6.07, 6.45) is 5.19. The molecule has 132 valence electrons. The molecule has 0 aliphatic rings. The maximum absolute atomic E-state index is 12.3. The summed E-state index contributed by atoms with van der Waals surface area (Å²) >= 11 is 0. The Balaban J connectivity index is 2.01. The Hall–Kier alpha value is -3.30. The minimum Gasteiger partial charge on any atom is -0.379 e. The second-order valence-electron chi connectivity index (χ2n) is 6.47. The number of hydrogen-bond donors (Lipinski definition) is 1. The molecular formula is C24H20N2O. The van der Waals surface area contributed by atoms with Crippen LogP contribution in [0, 0.1) is 0 Å². The standard InChI is InChI=1S/C24H20N2O/c27-24(20-11-5-2-6-12-20,21-14-17-25-18-15-21)23(19-9-3-1-4-10-19)22-13-7-8-16-26-22/h1-18,23,27H. The zero-order valence-electron chi connectivity index (χ0n) is 14.8. The molecule has 2 unspecified atom stereocenters. The van der Waals surface area contributed by atoms with Crippen LogP contribution in [0.3, 0.4) is 0 Å². The van der Waals surface area contributed by atoms with Crippen molar-refractivity contribution in [2.45, 2.75) is 11.5 Å². The molecule has 0 aliphatic heterocycles. The molecular weight excluding hydrogens is 332 g/mol. The Kier molecular flexibility index (Phi) is 4.77. The van der Waals surface area contributed by atoms with Gasteiger partial charge in [-0.15, -0.1) is 0 Å². The Morgan fingerprint density at radius 2 is 1.22 bits per heavy atom. The van der Waals surface area contributed by atoms with Crippen LogP contribution in [0.15, 0.2) is 110 Å². The molecule has 4 rings (SSSR count). The van der Waals surface area contributed by atoms with Gasteiger partial charge in [0.1, 0.15) is 5.60 Å². The summed E-state index contributed by atoms with van der Waals surface area (Å²) in [4.78, 5) is 8.73. The van der Waals surface area contributed by atoms with Crippen LogP contribution in [0.2, 0.25) is 0 Å². The zero-order chi connectivity index (χ0) is 18.5. The van der Waals surface area contributed by atoms with Gasteiger partial charge in [-0.3, -0.25) is 9.97 Å². The molecule has 0 fully saturated rings. The minimum absolute atomic E-state index is 0.371. The maximum Gasteiger partial charge on any atom is 0.127 e. The summed E-state index contributed by atoms with van der Waals surface area (Å²) in [5.74, 6) is -0.371. The van der Waals surface area contributed by atoms with E-state index in [2.05, 4.69) is 9.97 Å². The van der Waals surface area contributed by atoms with E-state index in [1.807, 2.05) is 91.0 Å². The van der Waals surface area contributed by atoms with E-state index in [9.17, 15) is 5.11 Å². The van der Waals surface area contributed by atoms with Crippen molar-refractivity contribution in [1.82, 2.24) is 9.97 Å². The van der Waals surface area contributed by atoms with Crippen LogP contribution in [0.1, 0.15) is 28.3 Å². The fourth-order valence-corrected chi connectivity index (χ4v) is 3.62. The lowest BCUT2D eigenvalue weighted by Gasteiger charge is -2.37. The van der Waals surface area contributed by atoms with Gasteiger partial charge in [0.05, 0.1) is 11.6 Å². The van der Waals surface area contributed by atoms with E-state index in [1.54, 1.807) is 18.6 Å². The van der Waals surface area contributed by atoms with Crippen molar-refractivity contribution >= 4 is 0 Å². The highest BCUT2D eigenvalue weighted by atomic mass is 16.3. The third-order valence-electron chi connectivity index (χ3n) is 4.87. The fourth-order valence-electron chi connectivity index (χ4n) is 3.62. The van der Waals surface area contributed by atoms with Crippen LogP contribution >= 0.6 is 0 Å². The Bertz CT molecular complexity index is 895. The summed E-state index contributed by atoms with van der Waals surface area (Å²) in [6.45, 7) is 0. The number of rotatable bonds is 5. The highest BCUT2D eigenvalue weighted by Gasteiger charge is 2.42. The molecule has 0 amide bonds. The molecule has 1 N–H and O–H groups in total. The summed E-state index contributed by atoms with van der Waals surface area (Å²) in [5.41, 5.74) is 2.12. The normalized spacial score (nSPS) is 14.3. The average molecular weight is 352 g/mol. The Morgan fingerprint density at radius 1 is 0.630 bits per heavy atom. The average Bonchev–Trinajstić information content (AvgIpc) is 2.76. The summed E-state index contributed by atoms with van der Waals surface area (Å²) < 4.78 is 0. The molecule has 27 heavy (non-hydrogen) atoms. The SMILES string of the molecule is OC(c1ccccc1)(c1ccncc1)C(c1ccccc1)c1ccccn1. The second kappa shape index (κ2) is 7.52. The lowest BCUT2D eigenvalue weighted by atomic mass is 9.71. The molecule has 0 saturated heterocycles. The van der Waals surface area contributed by atoms with Crippen LogP contribution < -0.4 is 0 Å². The van der Waals surface area contributed by atoms with E-state index in [1.165, 1.54) is 0 Å². The predicted octanol–water partition coefficient (Wildman–Crippen LogP) is 4.54. The van der Waals surface area contributed by atoms with E-state index >= 15 is 0 Å². The van der Waals surface area contributed by atoms with Gasteiger partial charge >= 0.3 is 0 Å². The summed E-state index contributed by atoms with van der Waals surface area (Å²) in [6, 6.07) is 29.3. The second-order valence-corrected chi connectivity index (χ2v) is 6.47. The molecule has 4 aromatic rings. The van der Waals surface area contributed by atoms with Gasteiger partial charge in [0, 0.05) is 18.6 Å². The molecule has 2 heterocycles. The molecule has 0 spiro atoms. The number of aliphatic hydroxyl groups is 1. The Labute approximate surface area is 159 Å². The number of aromatic nitrogens is 2. The van der Waals surface area contributed by atoms with Gasteiger partial charge in [-0.25, -0.2) is 0 Å². The van der Waals surface area contributed by atoms with Crippen molar-refractivity contribution in [3.63, 3.8) is 0 Å². The molecule has 3 heteroatoms. The summed E-state index contributed by atoms with van der Waals surface area (Å²) in [7, 11) is 0. The first-order valence-corrected chi connectivity index (χ1v) is 8.94. The molecule has 0 aliphatic carbocycles. The molecule has 3 nitrogen and oxygen atoms in total. The smallest absolute Gasteiger partial charge is 0.127 e. The first-order valence-electron chi connectivity index (χ1n) is 8.94. The van der Waals surface area contributed by atoms with E-state index in [0.29, 0.717) is 0 Å². The van der Waals surface area contributed by atoms with Crippen LogP contribution in [0.25, 0.3) is 0 Å². The van der Waals surface area contributed by atoms with E-state index in [0.717, 1.165) is 22.4 Å². The lowest BCUT2D eigenvalue weighted by molar-refractivity contribution is 0.0611. The number of pyridine rings is 2. The highest BCUT2D eigenvalue weighted by molar-refractivity contribution is 5.45. The third kappa shape index (κ3) is 3.25. The quantitative estimate of drug-likeness (QED) is 0.573. The topological polar surface area (TPSA) is 46.0 Å². The zero-order valence-corrected chi connectivity index (χ0v) is 14.8. The van der Waals surface area contributed by atoms with Gasteiger partial charge in [0.15, 0.2) is 0 Å². The van der Waals surface area contributed by atoms with Gasteiger partial charge in [0.2, 0.25) is 0 Å². The van der Waals surface area contributed by atoms with E-state index in [-0.39, 0.29) is 5.92 Å². The molecule has 2 aromatic heterocycles. The van der Waals surface area contributed by atoms with Crippen LogP contribution in [0.5, 0.6) is 0 Å². The number of benzene rings is 2. The molecule has 2 atom stereocenters. The molecule has 0 bridgehead atoms. The largest absolute Gasteiger partial charge is 0.379 e. The lowest BCUT2D eigenvalue weighted by Crippen LogP contribution is -2.36. The van der Waals surface area contributed by atoms with Crippen molar-refractivity contribution in [3.8, 4) is 0 Å². The minimum atomic E-state index is -1.29. The van der Waals surface area contributed by atoms with Gasteiger partial charge in [-0.2, -0.15) is 0 Å². The van der Waals surface area contributed by atoms with Crippen molar-refractivity contribution < 1.29 is 5.11 Å². The molecule has 0 saturated carbocycles. The molecule has 2 aromatic carbocycles. The first-order chi connectivity index (χ1) is 13.3. The van der Waals surface area contributed by atoms with Gasteiger partial charge in [-0.1, -0.05) is 66.7 Å². The maximum atomic E-state index is 12.3. The van der Waals surface area contributed by atoms with Crippen molar-refractivity contribution in [2.24, 2.45) is 0 Å². The van der Waals surface area contributed by atoms with Gasteiger partial charge in [0.25, 0.3) is 0 Å². The van der Waals surface area contributed by atoms with Crippen molar-refractivity contribution in [1.29, 1.82) is 0 Å². The van der Waals surface area contributed by atoms with Gasteiger partial charge < -0.3 is 5.11 Å². The first kappa shape index (κ1) is 17.1. The Morgan fingerprint density at radius 3 is 1.85 bits per heavy atom. The third-order valence-corrected chi connectivity index (χ3v) is 4.87. The number of hydrogen-bond acceptors (Lipinski definition) is 3. The van der Waals surface area contributed by atoms with Gasteiger partial charge in [-0.05, 0) is 41.0 Å². The highest BCUT2D eigenvalue weighted by Crippen LogP contribution is 2.45. The monoisotopic (exact) mass is 352 g/mol. The van der Waals surface area contributed by atoms with Crippen molar-refractivity contribution in [3.05, 3.63) is 132 Å². The van der Waals surface area contributed by atoms with Crippen LogP contribution in [-0.4, -0.2) is 15.1 Å². The number of nitrogens with zero attached hydrogens (tertiary/aromatic N) is 2. The van der Waals surface area contributed by atoms with E-state index in [4.69, 9.17) is 0 Å². The fraction of sp³-hybridized carbons (Fsp3) is 0.0833. The van der Waals surface area contributed by atoms with Crippen molar-refractivity contribution in [2.75, 3.05) is 0 Å². The molecule has 0 radical (unpaired) electrons. The van der Waals surface area contributed by atoms with E-state index < -0.39 is 5.60 Å². The van der Waals surface area contributed by atoms with Crippen LogP contribution in [0.4, 0.5) is 0 Å². The predicted molar refractivity (Wildman–Crippen MR) is 106 cm³/mol. The van der Waals surface area contributed by atoms with Crippen LogP contribution in [-0.2, 0) is 5.60 Å².